The third-order valence-corrected chi connectivity index (χ3v) is 2.83. The van der Waals surface area contributed by atoms with Gasteiger partial charge in [-0.1, -0.05) is 30.3 Å². The predicted octanol–water partition coefficient (Wildman–Crippen LogP) is 2.99. The minimum Gasteiger partial charge on any atom is -0.364 e. The molecule has 0 radical (unpaired) electrons. The fourth-order valence-electron chi connectivity index (χ4n) is 1.82. The molecule has 4 nitrogen and oxygen atoms in total. The Morgan fingerprint density at radius 1 is 1.11 bits per heavy atom. The van der Waals surface area contributed by atoms with Crippen LogP contribution >= 0.6 is 11.6 Å². The van der Waals surface area contributed by atoms with Gasteiger partial charge in [0.1, 0.15) is 5.52 Å². The van der Waals surface area contributed by atoms with E-state index < -0.39 is 0 Å². The fraction of sp³-hybridized carbons (Fsp3) is 0.0769. The van der Waals surface area contributed by atoms with Crippen molar-refractivity contribution in [3.05, 3.63) is 59.5 Å². The molecule has 0 unspecified atom stereocenters. The number of hydrogen-bond acceptors (Lipinski definition) is 3. The molecule has 0 bridgehead atoms. The van der Waals surface area contributed by atoms with Gasteiger partial charge in [0, 0.05) is 12.7 Å². The third-order valence-electron chi connectivity index (χ3n) is 2.67. The van der Waals surface area contributed by atoms with Crippen LogP contribution in [-0.2, 0) is 6.54 Å². The van der Waals surface area contributed by atoms with Crippen molar-refractivity contribution < 1.29 is 0 Å². The summed E-state index contributed by atoms with van der Waals surface area (Å²) in [6.07, 6.45) is 1.84. The van der Waals surface area contributed by atoms with Crippen molar-refractivity contribution >= 4 is 22.9 Å². The van der Waals surface area contributed by atoms with E-state index in [2.05, 4.69) is 27.5 Å². The van der Waals surface area contributed by atoms with E-state index >= 15 is 0 Å². The average Bonchev–Trinajstić information content (AvgIpc) is 2.85. The van der Waals surface area contributed by atoms with Gasteiger partial charge in [0.2, 0.25) is 5.28 Å². The molecular formula is C13H11ClN4. The van der Waals surface area contributed by atoms with E-state index in [1.54, 1.807) is 4.52 Å². The first kappa shape index (κ1) is 11.0. The molecule has 90 valence electrons. The Kier molecular flexibility index (Phi) is 2.86. The lowest BCUT2D eigenvalue weighted by atomic mass is 10.2. The van der Waals surface area contributed by atoms with Crippen molar-refractivity contribution in [3.8, 4) is 0 Å². The van der Waals surface area contributed by atoms with Crippen molar-refractivity contribution in [2.75, 3.05) is 5.32 Å². The minimum atomic E-state index is 0.231. The fourth-order valence-corrected chi connectivity index (χ4v) is 1.99. The van der Waals surface area contributed by atoms with Crippen LogP contribution < -0.4 is 5.32 Å². The molecule has 18 heavy (non-hydrogen) atoms. The van der Waals surface area contributed by atoms with Gasteiger partial charge in [0.05, 0.1) is 0 Å². The van der Waals surface area contributed by atoms with Crippen molar-refractivity contribution in [2.24, 2.45) is 0 Å². The number of anilines is 1. The molecule has 0 aliphatic heterocycles. The number of hydrogen-bond donors (Lipinski definition) is 1. The molecule has 2 aromatic heterocycles. The summed E-state index contributed by atoms with van der Waals surface area (Å²) in [6, 6.07) is 14.0. The molecule has 0 spiro atoms. The van der Waals surface area contributed by atoms with Gasteiger partial charge < -0.3 is 5.32 Å². The second kappa shape index (κ2) is 4.66. The lowest BCUT2D eigenvalue weighted by Gasteiger charge is -2.07. The standard InChI is InChI=1S/C13H11ClN4/c14-13-16-12(11-7-4-8-18(11)17-13)15-9-10-5-2-1-3-6-10/h1-8H,9H2,(H,15,16,17). The highest BCUT2D eigenvalue weighted by Gasteiger charge is 2.05. The topological polar surface area (TPSA) is 42.2 Å². The molecule has 1 aromatic carbocycles. The molecule has 0 atom stereocenters. The Morgan fingerprint density at radius 2 is 1.94 bits per heavy atom. The highest BCUT2D eigenvalue weighted by Crippen LogP contribution is 2.17. The lowest BCUT2D eigenvalue weighted by molar-refractivity contribution is 0.901. The van der Waals surface area contributed by atoms with Crippen molar-refractivity contribution in [1.29, 1.82) is 0 Å². The minimum absolute atomic E-state index is 0.231. The Balaban J connectivity index is 1.88. The maximum Gasteiger partial charge on any atom is 0.243 e. The number of nitrogens with zero attached hydrogens (tertiary/aromatic N) is 3. The molecule has 0 saturated heterocycles. The average molecular weight is 259 g/mol. The van der Waals surface area contributed by atoms with Gasteiger partial charge in [-0.3, -0.25) is 0 Å². The van der Waals surface area contributed by atoms with Gasteiger partial charge >= 0.3 is 0 Å². The Bertz CT molecular complexity index is 663. The summed E-state index contributed by atoms with van der Waals surface area (Å²) in [6.45, 7) is 0.703. The molecule has 1 N–H and O–H groups in total. The Labute approximate surface area is 109 Å². The monoisotopic (exact) mass is 258 g/mol. The Morgan fingerprint density at radius 3 is 2.78 bits per heavy atom. The van der Waals surface area contributed by atoms with Crippen molar-refractivity contribution in [2.45, 2.75) is 6.54 Å². The number of nitrogens with one attached hydrogen (secondary N) is 1. The van der Waals surface area contributed by atoms with E-state index in [0.717, 1.165) is 11.3 Å². The van der Waals surface area contributed by atoms with E-state index in [1.165, 1.54) is 5.56 Å². The first-order valence-electron chi connectivity index (χ1n) is 5.61. The largest absolute Gasteiger partial charge is 0.364 e. The summed E-state index contributed by atoms with van der Waals surface area (Å²) in [5, 5.41) is 7.59. The summed E-state index contributed by atoms with van der Waals surface area (Å²) in [4.78, 5) is 4.21. The van der Waals surface area contributed by atoms with Crippen LogP contribution in [0.15, 0.2) is 48.7 Å². The second-order valence-corrected chi connectivity index (χ2v) is 4.24. The smallest absolute Gasteiger partial charge is 0.243 e. The van der Waals surface area contributed by atoms with Gasteiger partial charge in [0.25, 0.3) is 0 Å². The van der Waals surface area contributed by atoms with Crippen LogP contribution in [0.3, 0.4) is 0 Å². The zero-order valence-corrected chi connectivity index (χ0v) is 10.3. The molecular weight excluding hydrogens is 248 g/mol. The normalized spacial score (nSPS) is 10.7. The summed E-state index contributed by atoms with van der Waals surface area (Å²) >= 11 is 5.88. The van der Waals surface area contributed by atoms with E-state index in [0.29, 0.717) is 6.54 Å². The number of rotatable bonds is 3. The van der Waals surface area contributed by atoms with Crippen LogP contribution in [0.4, 0.5) is 5.82 Å². The lowest BCUT2D eigenvalue weighted by Crippen LogP contribution is -2.05. The summed E-state index contributed by atoms with van der Waals surface area (Å²) < 4.78 is 1.71. The molecule has 2 heterocycles. The summed E-state index contributed by atoms with van der Waals surface area (Å²) in [5.74, 6) is 0.740. The van der Waals surface area contributed by atoms with E-state index in [1.807, 2.05) is 36.5 Å². The highest BCUT2D eigenvalue weighted by atomic mass is 35.5. The number of fused-ring (bicyclic) bond motifs is 1. The van der Waals surface area contributed by atoms with Crippen LogP contribution in [0.1, 0.15) is 5.56 Å². The first-order chi connectivity index (χ1) is 8.83. The van der Waals surface area contributed by atoms with Crippen molar-refractivity contribution in [1.82, 2.24) is 14.6 Å². The third kappa shape index (κ3) is 2.15. The van der Waals surface area contributed by atoms with Crippen molar-refractivity contribution in [3.63, 3.8) is 0 Å². The van der Waals surface area contributed by atoms with Crippen LogP contribution in [0.5, 0.6) is 0 Å². The maximum atomic E-state index is 5.88. The maximum absolute atomic E-state index is 5.88. The van der Waals surface area contributed by atoms with Gasteiger partial charge in [-0.2, -0.15) is 4.98 Å². The molecule has 0 amide bonds. The SMILES string of the molecule is Clc1nc(NCc2ccccc2)c2cccn2n1. The van der Waals surface area contributed by atoms with Gasteiger partial charge in [-0.05, 0) is 29.3 Å². The van der Waals surface area contributed by atoms with Crippen LogP contribution in [0.2, 0.25) is 5.28 Å². The molecule has 0 saturated carbocycles. The van der Waals surface area contributed by atoms with E-state index in [-0.39, 0.29) is 5.28 Å². The number of benzene rings is 1. The molecule has 5 heteroatoms. The molecule has 0 aliphatic rings. The predicted molar refractivity (Wildman–Crippen MR) is 71.8 cm³/mol. The second-order valence-electron chi connectivity index (χ2n) is 3.91. The van der Waals surface area contributed by atoms with E-state index in [4.69, 9.17) is 11.6 Å². The molecule has 0 aliphatic carbocycles. The summed E-state index contributed by atoms with van der Waals surface area (Å²) in [5.41, 5.74) is 2.10. The number of aromatic nitrogens is 3. The highest BCUT2D eigenvalue weighted by molar-refractivity contribution is 6.28. The van der Waals surface area contributed by atoms with Gasteiger partial charge in [-0.15, -0.1) is 5.10 Å². The quantitative estimate of drug-likeness (QED) is 0.785. The van der Waals surface area contributed by atoms with Gasteiger partial charge in [0.15, 0.2) is 5.82 Å². The van der Waals surface area contributed by atoms with Crippen LogP contribution in [-0.4, -0.2) is 14.6 Å². The molecule has 0 fully saturated rings. The molecule has 3 rings (SSSR count). The summed E-state index contributed by atoms with van der Waals surface area (Å²) in [7, 11) is 0. The van der Waals surface area contributed by atoms with Crippen LogP contribution in [0, 0.1) is 0 Å². The first-order valence-corrected chi connectivity index (χ1v) is 5.99. The zero-order chi connectivity index (χ0) is 12.4. The van der Waals surface area contributed by atoms with Crippen LogP contribution in [0.25, 0.3) is 5.52 Å². The van der Waals surface area contributed by atoms with E-state index in [9.17, 15) is 0 Å². The van der Waals surface area contributed by atoms with Gasteiger partial charge in [-0.25, -0.2) is 4.52 Å². The zero-order valence-electron chi connectivity index (χ0n) is 9.55. The molecule has 3 aromatic rings. The Hall–Kier alpha value is -2.07. The number of halogens is 1.